The van der Waals surface area contributed by atoms with Crippen LogP contribution in [-0.4, -0.2) is 6.61 Å². The summed E-state index contributed by atoms with van der Waals surface area (Å²) in [6.07, 6.45) is 1.16. The Kier molecular flexibility index (Phi) is 4.61. The fourth-order valence-electron chi connectivity index (χ4n) is 0.472. The van der Waals surface area contributed by atoms with Crippen LogP contribution in [0, 0.1) is 11.3 Å². The number of allylic oxidation sites excluding steroid dienone is 1. The summed E-state index contributed by atoms with van der Waals surface area (Å²) in [7, 11) is 0. The molecule has 0 aromatic heterocycles. The van der Waals surface area contributed by atoms with Gasteiger partial charge in [0, 0.05) is 12.8 Å². The lowest BCUT2D eigenvalue weighted by molar-refractivity contribution is 0.221. The van der Waals surface area contributed by atoms with Crippen LogP contribution in [0.5, 0.6) is 0 Å². The number of hydrogen-bond acceptors (Lipinski definition) is 2. The Morgan fingerprint density at radius 2 is 2.44 bits per heavy atom. The maximum atomic E-state index is 8.14. The van der Waals surface area contributed by atoms with E-state index in [1.54, 1.807) is 0 Å². The Morgan fingerprint density at radius 1 is 1.78 bits per heavy atom. The third-order valence-electron chi connectivity index (χ3n) is 0.864. The van der Waals surface area contributed by atoms with Crippen molar-refractivity contribution < 1.29 is 4.74 Å². The van der Waals surface area contributed by atoms with E-state index >= 15 is 0 Å². The maximum Gasteiger partial charge on any atom is 0.0898 e. The van der Waals surface area contributed by atoms with Crippen molar-refractivity contribution in [3.63, 3.8) is 0 Å². The molecule has 0 aliphatic carbocycles. The van der Waals surface area contributed by atoms with Crippen molar-refractivity contribution in [2.75, 3.05) is 6.61 Å². The van der Waals surface area contributed by atoms with Gasteiger partial charge in [0.25, 0.3) is 0 Å². The molecule has 0 heterocycles. The average Bonchev–Trinajstić information content (AvgIpc) is 1.85. The molecule has 0 atom stereocenters. The summed E-state index contributed by atoms with van der Waals surface area (Å²) in [5.74, 6) is 0.707. The summed E-state index contributed by atoms with van der Waals surface area (Å²) >= 11 is 0. The average molecular weight is 125 g/mol. The molecule has 50 valence electrons. The van der Waals surface area contributed by atoms with Crippen molar-refractivity contribution in [2.45, 2.75) is 19.8 Å². The van der Waals surface area contributed by atoms with Crippen LogP contribution in [0.4, 0.5) is 0 Å². The van der Waals surface area contributed by atoms with Crippen LogP contribution in [0.2, 0.25) is 0 Å². The molecule has 0 saturated heterocycles. The summed E-state index contributed by atoms with van der Waals surface area (Å²) in [5, 5.41) is 8.14. The fourth-order valence-corrected chi connectivity index (χ4v) is 0.472. The molecular weight excluding hydrogens is 114 g/mol. The SMILES string of the molecule is C=C(CCC#N)OCC. The molecule has 9 heavy (non-hydrogen) atoms. The van der Waals surface area contributed by atoms with Crippen LogP contribution in [0.3, 0.4) is 0 Å². The molecule has 0 aliphatic rings. The maximum absolute atomic E-state index is 8.14. The third kappa shape index (κ3) is 4.89. The minimum absolute atomic E-state index is 0.499. The number of ether oxygens (including phenoxy) is 1. The molecule has 0 unspecified atom stereocenters. The molecule has 0 N–H and O–H groups in total. The van der Waals surface area contributed by atoms with E-state index in [0.717, 1.165) is 0 Å². The van der Waals surface area contributed by atoms with Gasteiger partial charge in [0.15, 0.2) is 0 Å². The third-order valence-corrected chi connectivity index (χ3v) is 0.864. The second kappa shape index (κ2) is 5.17. The molecule has 2 nitrogen and oxygen atoms in total. The molecule has 0 fully saturated rings. The van der Waals surface area contributed by atoms with E-state index in [1.807, 2.05) is 13.0 Å². The highest BCUT2D eigenvalue weighted by molar-refractivity contribution is 4.86. The highest BCUT2D eigenvalue weighted by Gasteiger charge is 1.90. The van der Waals surface area contributed by atoms with Crippen molar-refractivity contribution in [1.82, 2.24) is 0 Å². The van der Waals surface area contributed by atoms with Crippen LogP contribution >= 0.6 is 0 Å². The van der Waals surface area contributed by atoms with Crippen molar-refractivity contribution in [3.05, 3.63) is 12.3 Å². The highest BCUT2D eigenvalue weighted by Crippen LogP contribution is 2.01. The molecule has 0 rings (SSSR count). The zero-order chi connectivity index (χ0) is 7.11. The first-order chi connectivity index (χ1) is 4.31. The van der Waals surface area contributed by atoms with Crippen LogP contribution in [0.1, 0.15) is 19.8 Å². The minimum atomic E-state index is 0.499. The first kappa shape index (κ1) is 8.03. The lowest BCUT2D eigenvalue weighted by Gasteiger charge is -2.01. The smallest absolute Gasteiger partial charge is 0.0898 e. The normalized spacial score (nSPS) is 8.00. The van der Waals surface area contributed by atoms with E-state index in [0.29, 0.717) is 25.2 Å². The van der Waals surface area contributed by atoms with Crippen molar-refractivity contribution in [2.24, 2.45) is 0 Å². The molecule has 0 bridgehead atoms. The van der Waals surface area contributed by atoms with Crippen molar-refractivity contribution in [3.8, 4) is 6.07 Å². The van der Waals surface area contributed by atoms with Gasteiger partial charge in [0.2, 0.25) is 0 Å². The molecule has 0 aromatic rings. The summed E-state index contributed by atoms with van der Waals surface area (Å²) in [5.41, 5.74) is 0. The molecule has 0 radical (unpaired) electrons. The molecule has 0 saturated carbocycles. The van der Waals surface area contributed by atoms with Crippen LogP contribution in [0.15, 0.2) is 12.3 Å². The standard InChI is InChI=1S/C7H11NO/c1-3-9-7(2)5-4-6-8/h2-5H2,1H3. The largest absolute Gasteiger partial charge is 0.499 e. The van der Waals surface area contributed by atoms with Crippen LogP contribution in [0.25, 0.3) is 0 Å². The van der Waals surface area contributed by atoms with Gasteiger partial charge in [-0.2, -0.15) is 5.26 Å². The number of nitrogens with zero attached hydrogens (tertiary/aromatic N) is 1. The van der Waals surface area contributed by atoms with E-state index in [2.05, 4.69) is 6.58 Å². The Bertz CT molecular complexity index is 123. The Hall–Kier alpha value is -0.970. The highest BCUT2D eigenvalue weighted by atomic mass is 16.5. The van der Waals surface area contributed by atoms with Gasteiger partial charge in [-0.3, -0.25) is 0 Å². The first-order valence-corrected chi connectivity index (χ1v) is 2.98. The second-order valence-electron chi connectivity index (χ2n) is 1.63. The van der Waals surface area contributed by atoms with E-state index in [9.17, 15) is 0 Å². The molecule has 0 aliphatic heterocycles. The monoisotopic (exact) mass is 125 g/mol. The Morgan fingerprint density at radius 3 is 2.89 bits per heavy atom. The van der Waals surface area contributed by atoms with Gasteiger partial charge in [0.1, 0.15) is 0 Å². The van der Waals surface area contributed by atoms with Gasteiger partial charge < -0.3 is 4.74 Å². The molecule has 2 heteroatoms. The van der Waals surface area contributed by atoms with E-state index in [4.69, 9.17) is 10.00 Å². The van der Waals surface area contributed by atoms with Crippen LogP contribution in [-0.2, 0) is 4.74 Å². The quantitative estimate of drug-likeness (QED) is 0.537. The van der Waals surface area contributed by atoms with Crippen LogP contribution < -0.4 is 0 Å². The van der Waals surface area contributed by atoms with Crippen molar-refractivity contribution in [1.29, 1.82) is 5.26 Å². The predicted molar refractivity (Wildman–Crippen MR) is 35.6 cm³/mol. The van der Waals surface area contributed by atoms with Gasteiger partial charge in [-0.15, -0.1) is 0 Å². The number of nitriles is 1. The number of hydrogen-bond donors (Lipinski definition) is 0. The molecular formula is C7H11NO. The molecule has 0 amide bonds. The number of rotatable bonds is 4. The zero-order valence-electron chi connectivity index (χ0n) is 5.68. The summed E-state index contributed by atoms with van der Waals surface area (Å²) in [6, 6.07) is 2.02. The van der Waals surface area contributed by atoms with Gasteiger partial charge in [-0.1, -0.05) is 6.58 Å². The first-order valence-electron chi connectivity index (χ1n) is 2.98. The summed E-state index contributed by atoms with van der Waals surface area (Å²) < 4.78 is 5.00. The van der Waals surface area contributed by atoms with Crippen molar-refractivity contribution >= 4 is 0 Å². The van der Waals surface area contributed by atoms with E-state index < -0.39 is 0 Å². The van der Waals surface area contributed by atoms with Gasteiger partial charge in [-0.25, -0.2) is 0 Å². The Balaban J connectivity index is 3.19. The lowest BCUT2D eigenvalue weighted by atomic mass is 10.3. The zero-order valence-corrected chi connectivity index (χ0v) is 5.68. The summed E-state index contributed by atoms with van der Waals surface area (Å²) in [4.78, 5) is 0. The molecule has 0 spiro atoms. The van der Waals surface area contributed by atoms with E-state index in [-0.39, 0.29) is 0 Å². The molecule has 0 aromatic carbocycles. The lowest BCUT2D eigenvalue weighted by Crippen LogP contribution is -1.88. The topological polar surface area (TPSA) is 33.0 Å². The predicted octanol–water partition coefficient (Wildman–Crippen LogP) is 1.84. The Labute approximate surface area is 55.7 Å². The second-order valence-corrected chi connectivity index (χ2v) is 1.63. The summed E-state index contributed by atoms with van der Waals surface area (Å²) in [6.45, 7) is 6.15. The van der Waals surface area contributed by atoms with E-state index in [1.165, 1.54) is 0 Å². The van der Waals surface area contributed by atoms with Gasteiger partial charge in [-0.05, 0) is 6.92 Å². The van der Waals surface area contributed by atoms with Gasteiger partial charge >= 0.3 is 0 Å². The minimum Gasteiger partial charge on any atom is -0.499 e. The fraction of sp³-hybridized carbons (Fsp3) is 0.571. The van der Waals surface area contributed by atoms with Gasteiger partial charge in [0.05, 0.1) is 18.4 Å².